The van der Waals surface area contributed by atoms with Gasteiger partial charge in [0.05, 0.1) is 0 Å². The van der Waals surface area contributed by atoms with Gasteiger partial charge >= 0.3 is 11.7 Å². The zero-order valence-corrected chi connectivity index (χ0v) is 18.2. The minimum atomic E-state index is -0.832. The lowest BCUT2D eigenvalue weighted by atomic mass is 10.1. The lowest BCUT2D eigenvalue weighted by Gasteiger charge is -2.16. The minimum absolute atomic E-state index is 0.0561. The molecule has 0 saturated heterocycles. The molecule has 0 atom stereocenters. The van der Waals surface area contributed by atoms with E-state index in [1.165, 1.54) is 11.6 Å². The Morgan fingerprint density at radius 2 is 1.72 bits per heavy atom. The van der Waals surface area contributed by atoms with Gasteiger partial charge in [0.25, 0.3) is 5.56 Å². The van der Waals surface area contributed by atoms with E-state index in [1.54, 1.807) is 12.1 Å². The Morgan fingerprint density at radius 3 is 2.41 bits per heavy atom. The Kier molecular flexibility index (Phi) is 6.77. The minimum Gasteiger partial charge on any atom is -0.482 e. The van der Waals surface area contributed by atoms with E-state index < -0.39 is 36.2 Å². The molecular weight excluding hydrogens is 414 g/mol. The number of hydrogen-bond acceptors (Lipinski definition) is 7. The van der Waals surface area contributed by atoms with E-state index in [9.17, 15) is 19.2 Å². The number of rotatable bonds is 8. The Balaban J connectivity index is 1.67. The summed E-state index contributed by atoms with van der Waals surface area (Å²) in [6.07, 6.45) is 0. The fourth-order valence-electron chi connectivity index (χ4n) is 3.25. The fraction of sp³-hybridized carbons (Fsp3) is 0.304. The van der Waals surface area contributed by atoms with Gasteiger partial charge in [0.2, 0.25) is 5.78 Å². The normalized spacial score (nSPS) is 11.0. The van der Waals surface area contributed by atoms with Crippen LogP contribution in [-0.4, -0.2) is 34.1 Å². The van der Waals surface area contributed by atoms with Crippen molar-refractivity contribution >= 4 is 28.3 Å². The van der Waals surface area contributed by atoms with Gasteiger partial charge in [-0.05, 0) is 28.8 Å². The molecule has 168 valence electrons. The van der Waals surface area contributed by atoms with E-state index in [4.69, 9.17) is 15.2 Å². The van der Waals surface area contributed by atoms with E-state index in [0.717, 1.165) is 15.3 Å². The Labute approximate surface area is 184 Å². The maximum Gasteiger partial charge on any atom is 0.344 e. The number of carbonyl (C=O) groups excluding carboxylic acids is 2. The van der Waals surface area contributed by atoms with Crippen LogP contribution >= 0.6 is 0 Å². The number of nitrogens with zero attached hydrogens (tertiary/aromatic N) is 2. The molecule has 0 spiro atoms. The third kappa shape index (κ3) is 4.88. The average Bonchev–Trinajstić information content (AvgIpc) is 2.77. The van der Waals surface area contributed by atoms with Crippen LogP contribution < -0.4 is 21.7 Å². The molecule has 0 aliphatic heterocycles. The fourth-order valence-corrected chi connectivity index (χ4v) is 3.25. The summed E-state index contributed by atoms with van der Waals surface area (Å²) in [5.41, 5.74) is 4.13. The van der Waals surface area contributed by atoms with Gasteiger partial charge in [0.1, 0.15) is 17.1 Å². The second kappa shape index (κ2) is 9.51. The molecule has 0 saturated carbocycles. The predicted molar refractivity (Wildman–Crippen MR) is 120 cm³/mol. The van der Waals surface area contributed by atoms with Gasteiger partial charge < -0.3 is 15.2 Å². The number of anilines is 1. The van der Waals surface area contributed by atoms with Crippen LogP contribution in [0.15, 0.2) is 52.1 Å². The summed E-state index contributed by atoms with van der Waals surface area (Å²) in [5, 5.41) is 1.99. The van der Waals surface area contributed by atoms with Crippen LogP contribution in [0.3, 0.4) is 0 Å². The van der Waals surface area contributed by atoms with Crippen molar-refractivity contribution < 1.29 is 19.1 Å². The van der Waals surface area contributed by atoms with Gasteiger partial charge in [0, 0.05) is 13.6 Å². The highest BCUT2D eigenvalue weighted by atomic mass is 16.6. The van der Waals surface area contributed by atoms with E-state index in [2.05, 4.69) is 0 Å². The largest absolute Gasteiger partial charge is 0.482 e. The van der Waals surface area contributed by atoms with Crippen molar-refractivity contribution in [2.45, 2.75) is 20.4 Å². The molecule has 1 heterocycles. The summed E-state index contributed by atoms with van der Waals surface area (Å²) >= 11 is 0. The Hall–Kier alpha value is -3.88. The van der Waals surface area contributed by atoms with Gasteiger partial charge in [-0.1, -0.05) is 44.2 Å². The summed E-state index contributed by atoms with van der Waals surface area (Å²) in [6.45, 7) is 2.87. The number of carbonyl (C=O) groups is 2. The smallest absolute Gasteiger partial charge is 0.344 e. The maximum atomic E-state index is 12.6. The van der Waals surface area contributed by atoms with Crippen LogP contribution in [0.5, 0.6) is 5.75 Å². The summed E-state index contributed by atoms with van der Waals surface area (Å²) in [6, 6.07) is 13.1. The molecule has 32 heavy (non-hydrogen) atoms. The number of fused-ring (bicyclic) bond motifs is 1. The van der Waals surface area contributed by atoms with Crippen molar-refractivity contribution in [3.8, 4) is 5.75 Å². The zero-order valence-electron chi connectivity index (χ0n) is 18.2. The number of Topliss-reactive ketones (excluding diaryl/α,β-unsaturated/α-hetero) is 1. The highest BCUT2D eigenvalue weighted by molar-refractivity contribution is 6.01. The number of esters is 1. The van der Waals surface area contributed by atoms with Crippen molar-refractivity contribution in [1.29, 1.82) is 0 Å². The van der Waals surface area contributed by atoms with Crippen molar-refractivity contribution in [3.63, 3.8) is 0 Å². The van der Waals surface area contributed by atoms with Crippen LogP contribution in [-0.2, 0) is 23.1 Å². The van der Waals surface area contributed by atoms with Crippen LogP contribution in [0.2, 0.25) is 0 Å². The van der Waals surface area contributed by atoms with Crippen molar-refractivity contribution in [1.82, 2.24) is 9.13 Å². The molecule has 0 bridgehead atoms. The first-order valence-corrected chi connectivity index (χ1v) is 10.1. The molecule has 3 rings (SSSR count). The lowest BCUT2D eigenvalue weighted by molar-refractivity contribution is -0.144. The van der Waals surface area contributed by atoms with E-state index >= 15 is 0 Å². The van der Waals surface area contributed by atoms with Gasteiger partial charge in [0.15, 0.2) is 13.2 Å². The van der Waals surface area contributed by atoms with E-state index in [0.29, 0.717) is 5.75 Å². The first kappa shape index (κ1) is 22.8. The number of benzene rings is 2. The third-order valence-electron chi connectivity index (χ3n) is 4.85. The summed E-state index contributed by atoms with van der Waals surface area (Å²) in [5.74, 6) is -1.27. The second-order valence-corrected chi connectivity index (χ2v) is 7.79. The zero-order chi connectivity index (χ0) is 23.4. The summed E-state index contributed by atoms with van der Waals surface area (Å²) in [4.78, 5) is 49.4. The standard InChI is InChI=1S/C23H25N3O6/c1-14(2)11-26-21(24)20(22(29)25(3)23(26)30)18(27)12-32-19(28)13-31-17-9-8-15-6-4-5-7-16(15)10-17/h4-10,14H,11-13,24H2,1-3H3. The number of ether oxygens (including phenoxy) is 2. The third-order valence-corrected chi connectivity index (χ3v) is 4.85. The Bertz CT molecular complexity index is 1290. The number of hydrogen-bond donors (Lipinski definition) is 1. The van der Waals surface area contributed by atoms with Crippen molar-refractivity contribution in [3.05, 3.63) is 68.9 Å². The highest BCUT2D eigenvalue weighted by Crippen LogP contribution is 2.20. The van der Waals surface area contributed by atoms with E-state index in [1.807, 2.05) is 44.2 Å². The van der Waals surface area contributed by atoms with Gasteiger partial charge in [-0.3, -0.25) is 18.7 Å². The quantitative estimate of drug-likeness (QED) is 0.419. The first-order chi connectivity index (χ1) is 15.2. The first-order valence-electron chi connectivity index (χ1n) is 10.1. The van der Waals surface area contributed by atoms with Gasteiger partial charge in [-0.2, -0.15) is 0 Å². The maximum absolute atomic E-state index is 12.6. The molecule has 0 unspecified atom stereocenters. The molecule has 0 amide bonds. The van der Waals surface area contributed by atoms with Gasteiger partial charge in [-0.25, -0.2) is 9.59 Å². The number of aromatic nitrogens is 2. The van der Waals surface area contributed by atoms with Gasteiger partial charge in [-0.15, -0.1) is 0 Å². The molecule has 1 aromatic heterocycles. The van der Waals surface area contributed by atoms with Crippen LogP contribution in [0.4, 0.5) is 5.82 Å². The molecule has 2 aromatic carbocycles. The molecule has 0 aliphatic rings. The van der Waals surface area contributed by atoms with E-state index in [-0.39, 0.29) is 23.8 Å². The molecule has 2 N–H and O–H groups in total. The molecule has 0 fully saturated rings. The SMILES string of the molecule is CC(C)Cn1c(N)c(C(=O)COC(=O)COc2ccc3ccccc3c2)c(=O)n(C)c1=O. The second-order valence-electron chi connectivity index (χ2n) is 7.79. The van der Waals surface area contributed by atoms with Crippen molar-refractivity contribution in [2.75, 3.05) is 18.9 Å². The molecule has 9 heteroatoms. The molecule has 3 aromatic rings. The molecule has 0 aliphatic carbocycles. The summed E-state index contributed by atoms with van der Waals surface area (Å²) < 4.78 is 12.4. The monoisotopic (exact) mass is 439 g/mol. The number of ketones is 1. The van der Waals surface area contributed by atoms with Crippen molar-refractivity contribution in [2.24, 2.45) is 13.0 Å². The highest BCUT2D eigenvalue weighted by Gasteiger charge is 2.23. The number of nitrogens with two attached hydrogens (primary N) is 1. The molecule has 9 nitrogen and oxygen atoms in total. The summed E-state index contributed by atoms with van der Waals surface area (Å²) in [7, 11) is 1.27. The van der Waals surface area contributed by atoms with Crippen LogP contribution in [0.25, 0.3) is 10.8 Å². The Morgan fingerprint density at radius 1 is 1.03 bits per heavy atom. The van der Waals surface area contributed by atoms with Crippen LogP contribution in [0.1, 0.15) is 24.2 Å². The van der Waals surface area contributed by atoms with Crippen LogP contribution in [0, 0.1) is 5.92 Å². The predicted octanol–water partition coefficient (Wildman–Crippen LogP) is 1.74. The average molecular weight is 439 g/mol. The number of nitrogen functional groups attached to an aromatic ring is 1. The topological polar surface area (TPSA) is 123 Å². The molecule has 0 radical (unpaired) electrons. The molecular formula is C23H25N3O6. The lowest BCUT2D eigenvalue weighted by Crippen LogP contribution is -2.43.